The Morgan fingerprint density at radius 3 is 2.54 bits per heavy atom. The number of furan rings is 1. The molecule has 0 radical (unpaired) electrons. The molecule has 6 heteroatoms. The van der Waals surface area contributed by atoms with Crippen LogP contribution in [0.2, 0.25) is 0 Å². The van der Waals surface area contributed by atoms with Gasteiger partial charge in [0.1, 0.15) is 11.5 Å². The first-order chi connectivity index (χ1) is 13.5. The summed E-state index contributed by atoms with van der Waals surface area (Å²) in [6.07, 6.45) is 1.54. The molecule has 4 rings (SSSR count). The van der Waals surface area contributed by atoms with Gasteiger partial charge in [0.2, 0.25) is 5.90 Å². The molecule has 0 atom stereocenters. The zero-order valence-electron chi connectivity index (χ0n) is 14.8. The van der Waals surface area contributed by atoms with Crippen molar-refractivity contribution in [2.24, 2.45) is 4.99 Å². The van der Waals surface area contributed by atoms with Gasteiger partial charge >= 0.3 is 5.97 Å². The van der Waals surface area contributed by atoms with E-state index in [4.69, 9.17) is 9.15 Å². The second-order valence-corrected chi connectivity index (χ2v) is 7.10. The maximum atomic E-state index is 12.1. The summed E-state index contributed by atoms with van der Waals surface area (Å²) in [6.45, 7) is 1.52. The number of hydrogen-bond donors (Lipinski definition) is 0. The highest BCUT2D eigenvalue weighted by atomic mass is 79.9. The maximum absolute atomic E-state index is 12.1. The van der Waals surface area contributed by atoms with Crippen LogP contribution in [0.4, 0.5) is 0 Å². The molecule has 0 N–H and O–H groups in total. The maximum Gasteiger partial charge on any atom is 0.363 e. The van der Waals surface area contributed by atoms with Gasteiger partial charge in [-0.3, -0.25) is 4.79 Å². The van der Waals surface area contributed by atoms with Crippen molar-refractivity contribution in [3.8, 4) is 11.3 Å². The van der Waals surface area contributed by atoms with Crippen LogP contribution in [0.3, 0.4) is 0 Å². The Morgan fingerprint density at radius 1 is 1.04 bits per heavy atom. The molecule has 5 nitrogen and oxygen atoms in total. The highest BCUT2D eigenvalue weighted by Crippen LogP contribution is 2.26. The van der Waals surface area contributed by atoms with Crippen LogP contribution >= 0.6 is 15.9 Å². The molecule has 3 aromatic rings. The van der Waals surface area contributed by atoms with Crippen LogP contribution in [0.15, 0.2) is 80.2 Å². The standard InChI is InChI=1S/C22H14BrNO4/c1-13(25)14-5-7-15(8-6-14)20-10-9-18(27-20)12-19-22(26)28-21(24-19)16-3-2-4-17(23)11-16/h2-12H,1H3/b19-12-. The second kappa shape index (κ2) is 7.40. The largest absolute Gasteiger partial charge is 0.457 e. The summed E-state index contributed by atoms with van der Waals surface area (Å²) in [5, 5.41) is 0. The first kappa shape index (κ1) is 18.1. The molecule has 0 fully saturated rings. The van der Waals surface area contributed by atoms with Crippen LogP contribution in [-0.2, 0) is 9.53 Å². The van der Waals surface area contributed by atoms with Gasteiger partial charge in [-0.1, -0.05) is 46.3 Å². The summed E-state index contributed by atoms with van der Waals surface area (Å²) >= 11 is 3.39. The predicted octanol–water partition coefficient (Wildman–Crippen LogP) is 5.26. The van der Waals surface area contributed by atoms with Gasteiger partial charge in [-0.15, -0.1) is 0 Å². The summed E-state index contributed by atoms with van der Waals surface area (Å²) in [5.74, 6) is 0.847. The minimum absolute atomic E-state index is 0.00951. The number of ketones is 1. The van der Waals surface area contributed by atoms with Crippen LogP contribution in [0.1, 0.15) is 28.6 Å². The van der Waals surface area contributed by atoms with Crippen LogP contribution in [0.25, 0.3) is 17.4 Å². The molecule has 28 heavy (non-hydrogen) atoms. The van der Waals surface area contributed by atoms with Gasteiger partial charge in [0.25, 0.3) is 0 Å². The van der Waals surface area contributed by atoms with Gasteiger partial charge in [-0.2, -0.15) is 0 Å². The van der Waals surface area contributed by atoms with Crippen molar-refractivity contribution in [1.82, 2.24) is 0 Å². The van der Waals surface area contributed by atoms with Crippen LogP contribution < -0.4 is 0 Å². The van der Waals surface area contributed by atoms with Gasteiger partial charge in [-0.05, 0) is 37.3 Å². The number of carbonyl (C=O) groups excluding carboxylic acids is 2. The lowest BCUT2D eigenvalue weighted by atomic mass is 10.1. The van der Waals surface area contributed by atoms with E-state index in [2.05, 4.69) is 20.9 Å². The van der Waals surface area contributed by atoms with E-state index in [-0.39, 0.29) is 17.4 Å². The molecule has 1 aliphatic rings. The van der Waals surface area contributed by atoms with Gasteiger partial charge in [0, 0.05) is 27.2 Å². The lowest BCUT2D eigenvalue weighted by Gasteiger charge is -1.99. The Hall–Kier alpha value is -3.25. The molecule has 2 aromatic carbocycles. The van der Waals surface area contributed by atoms with Crippen LogP contribution in [-0.4, -0.2) is 17.7 Å². The first-order valence-electron chi connectivity index (χ1n) is 8.49. The number of rotatable bonds is 4. The topological polar surface area (TPSA) is 68.9 Å². The number of esters is 1. The molecule has 0 unspecified atom stereocenters. The van der Waals surface area contributed by atoms with Crippen molar-refractivity contribution in [1.29, 1.82) is 0 Å². The Labute approximate surface area is 169 Å². The van der Waals surface area contributed by atoms with Crippen LogP contribution in [0, 0.1) is 0 Å². The zero-order chi connectivity index (χ0) is 19.7. The third-order valence-electron chi connectivity index (χ3n) is 4.17. The van der Waals surface area contributed by atoms with E-state index in [9.17, 15) is 9.59 Å². The number of cyclic esters (lactones) is 1. The number of halogens is 1. The minimum atomic E-state index is -0.529. The van der Waals surface area contributed by atoms with E-state index in [1.807, 2.05) is 36.4 Å². The summed E-state index contributed by atoms with van der Waals surface area (Å²) in [5.41, 5.74) is 2.35. The molecule has 138 valence electrons. The number of nitrogens with zero attached hydrogens (tertiary/aromatic N) is 1. The monoisotopic (exact) mass is 435 g/mol. The first-order valence-corrected chi connectivity index (χ1v) is 9.28. The molecule has 0 aliphatic carbocycles. The Balaban J connectivity index is 1.59. The molecular formula is C22H14BrNO4. The third kappa shape index (κ3) is 3.73. The van der Waals surface area contributed by atoms with Crippen LogP contribution in [0.5, 0.6) is 0 Å². The Morgan fingerprint density at radius 2 is 1.82 bits per heavy atom. The van der Waals surface area contributed by atoms with E-state index in [0.29, 0.717) is 22.6 Å². The van der Waals surface area contributed by atoms with Crippen molar-refractivity contribution < 1.29 is 18.7 Å². The molecule has 0 saturated carbocycles. The normalized spacial score (nSPS) is 14.9. The van der Waals surface area contributed by atoms with Crippen molar-refractivity contribution in [2.75, 3.05) is 0 Å². The summed E-state index contributed by atoms with van der Waals surface area (Å²) < 4.78 is 11.9. The molecule has 0 saturated heterocycles. The Kier molecular flexibility index (Phi) is 4.79. The molecule has 0 spiro atoms. The van der Waals surface area contributed by atoms with Crippen molar-refractivity contribution in [3.05, 3.63) is 87.7 Å². The molecule has 0 bridgehead atoms. The van der Waals surface area contributed by atoms with Gasteiger partial charge < -0.3 is 9.15 Å². The van der Waals surface area contributed by atoms with E-state index in [1.165, 1.54) is 6.92 Å². The fraction of sp³-hybridized carbons (Fsp3) is 0.0455. The van der Waals surface area contributed by atoms with E-state index >= 15 is 0 Å². The highest BCUT2D eigenvalue weighted by molar-refractivity contribution is 9.10. The van der Waals surface area contributed by atoms with Gasteiger partial charge in [-0.25, -0.2) is 9.79 Å². The minimum Gasteiger partial charge on any atom is -0.457 e. The van der Waals surface area contributed by atoms with E-state index < -0.39 is 5.97 Å². The predicted molar refractivity (Wildman–Crippen MR) is 109 cm³/mol. The smallest absolute Gasteiger partial charge is 0.363 e. The highest BCUT2D eigenvalue weighted by Gasteiger charge is 2.24. The number of benzene rings is 2. The average molecular weight is 436 g/mol. The molecular weight excluding hydrogens is 422 g/mol. The van der Waals surface area contributed by atoms with Gasteiger partial charge in [0.05, 0.1) is 0 Å². The lowest BCUT2D eigenvalue weighted by molar-refractivity contribution is -0.129. The Bertz CT molecular complexity index is 1140. The van der Waals surface area contributed by atoms with E-state index in [1.54, 1.807) is 30.3 Å². The van der Waals surface area contributed by atoms with Crippen molar-refractivity contribution >= 4 is 39.7 Å². The third-order valence-corrected chi connectivity index (χ3v) is 4.67. The SMILES string of the molecule is CC(=O)c1ccc(-c2ccc(/C=C3\N=C(c4cccc(Br)c4)OC3=O)o2)cc1. The number of Topliss-reactive ketones (excluding diaryl/α,β-unsaturated/α-hetero) is 1. The van der Waals surface area contributed by atoms with Crippen molar-refractivity contribution in [3.63, 3.8) is 0 Å². The number of carbonyl (C=O) groups is 2. The summed E-state index contributed by atoms with van der Waals surface area (Å²) in [4.78, 5) is 27.8. The van der Waals surface area contributed by atoms with Gasteiger partial charge in [0.15, 0.2) is 11.5 Å². The number of aliphatic imine (C=N–C) groups is 1. The zero-order valence-corrected chi connectivity index (χ0v) is 16.4. The quantitative estimate of drug-likeness (QED) is 0.318. The molecule has 1 aliphatic heterocycles. The average Bonchev–Trinajstić information content (AvgIpc) is 3.29. The molecule has 2 heterocycles. The molecule has 0 amide bonds. The fourth-order valence-corrected chi connectivity index (χ4v) is 3.14. The number of hydrogen-bond acceptors (Lipinski definition) is 5. The molecule has 1 aromatic heterocycles. The van der Waals surface area contributed by atoms with Crippen molar-refractivity contribution in [2.45, 2.75) is 6.92 Å². The number of ether oxygens (including phenoxy) is 1. The fourth-order valence-electron chi connectivity index (χ4n) is 2.74. The lowest BCUT2D eigenvalue weighted by Crippen LogP contribution is -2.05. The summed E-state index contributed by atoms with van der Waals surface area (Å²) in [6, 6.07) is 18.1. The summed E-state index contributed by atoms with van der Waals surface area (Å²) in [7, 11) is 0. The second-order valence-electron chi connectivity index (χ2n) is 6.18. The van der Waals surface area contributed by atoms with E-state index in [0.717, 1.165) is 10.0 Å².